The highest BCUT2D eigenvalue weighted by atomic mass is 32.1. The van der Waals surface area contributed by atoms with Crippen molar-refractivity contribution in [2.45, 2.75) is 13.0 Å². The number of amides is 1. The number of nitrogens with one attached hydrogen (secondary N) is 1. The van der Waals surface area contributed by atoms with E-state index >= 15 is 0 Å². The smallest absolute Gasteiger partial charge is 0.251 e. The fraction of sp³-hybridized carbons (Fsp3) is 0.154. The first-order valence-corrected chi connectivity index (χ1v) is 6.14. The van der Waals surface area contributed by atoms with Gasteiger partial charge in [0, 0.05) is 10.4 Å². The van der Waals surface area contributed by atoms with E-state index in [1.54, 1.807) is 17.4 Å². The zero-order chi connectivity index (χ0) is 12.3. The lowest BCUT2D eigenvalue weighted by Gasteiger charge is -2.12. The van der Waals surface area contributed by atoms with Crippen LogP contribution in [0, 0.1) is 5.82 Å². The van der Waals surface area contributed by atoms with Crippen molar-refractivity contribution in [1.82, 2.24) is 5.32 Å². The van der Waals surface area contributed by atoms with Crippen LogP contribution in [0.2, 0.25) is 0 Å². The van der Waals surface area contributed by atoms with Gasteiger partial charge in [-0.15, -0.1) is 11.3 Å². The zero-order valence-corrected chi connectivity index (χ0v) is 10.1. The van der Waals surface area contributed by atoms with Gasteiger partial charge in [-0.2, -0.15) is 0 Å². The van der Waals surface area contributed by atoms with Gasteiger partial charge >= 0.3 is 0 Å². The molecular formula is C13H12FNOS. The van der Waals surface area contributed by atoms with E-state index in [0.717, 1.165) is 4.88 Å². The second-order valence-electron chi connectivity index (χ2n) is 3.72. The Morgan fingerprint density at radius 1 is 1.35 bits per heavy atom. The summed E-state index contributed by atoms with van der Waals surface area (Å²) in [6.07, 6.45) is 0. The zero-order valence-electron chi connectivity index (χ0n) is 9.31. The molecule has 1 N–H and O–H groups in total. The van der Waals surface area contributed by atoms with Crippen molar-refractivity contribution >= 4 is 17.2 Å². The fourth-order valence-corrected chi connectivity index (χ4v) is 2.25. The minimum Gasteiger partial charge on any atom is -0.345 e. The molecule has 2 rings (SSSR count). The molecule has 0 aliphatic heterocycles. The number of halogens is 1. The standard InChI is InChI=1S/C13H12FNOS/c1-9(12-6-3-7-17-12)15-13(16)10-4-2-5-11(14)8-10/h2-9H,1H3,(H,15,16). The van der Waals surface area contributed by atoms with Crippen molar-refractivity contribution in [2.24, 2.45) is 0 Å². The second-order valence-corrected chi connectivity index (χ2v) is 4.70. The largest absolute Gasteiger partial charge is 0.345 e. The van der Waals surface area contributed by atoms with Crippen molar-refractivity contribution < 1.29 is 9.18 Å². The van der Waals surface area contributed by atoms with Crippen LogP contribution < -0.4 is 5.32 Å². The lowest BCUT2D eigenvalue weighted by Crippen LogP contribution is -2.26. The topological polar surface area (TPSA) is 29.1 Å². The molecule has 2 aromatic rings. The Bertz CT molecular complexity index is 510. The van der Waals surface area contributed by atoms with Crippen molar-refractivity contribution in [3.05, 3.63) is 58.0 Å². The summed E-state index contributed by atoms with van der Waals surface area (Å²) in [4.78, 5) is 12.9. The molecule has 0 aliphatic rings. The quantitative estimate of drug-likeness (QED) is 0.887. The molecule has 1 aromatic carbocycles. The highest BCUT2D eigenvalue weighted by Crippen LogP contribution is 2.18. The average molecular weight is 249 g/mol. The van der Waals surface area contributed by atoms with Crippen molar-refractivity contribution in [3.63, 3.8) is 0 Å². The molecule has 1 amide bonds. The van der Waals surface area contributed by atoms with Gasteiger partial charge in [-0.3, -0.25) is 4.79 Å². The van der Waals surface area contributed by atoms with Gasteiger partial charge in [-0.05, 0) is 36.6 Å². The van der Waals surface area contributed by atoms with Gasteiger partial charge in [-0.25, -0.2) is 4.39 Å². The van der Waals surface area contributed by atoms with Gasteiger partial charge in [0.2, 0.25) is 0 Å². The summed E-state index contributed by atoms with van der Waals surface area (Å²) in [5.41, 5.74) is 0.341. The molecule has 1 atom stereocenters. The second kappa shape index (κ2) is 5.10. The number of benzene rings is 1. The van der Waals surface area contributed by atoms with Crippen LogP contribution >= 0.6 is 11.3 Å². The van der Waals surface area contributed by atoms with Crippen LogP contribution in [0.5, 0.6) is 0 Å². The van der Waals surface area contributed by atoms with Gasteiger partial charge in [0.05, 0.1) is 6.04 Å². The Morgan fingerprint density at radius 3 is 2.82 bits per heavy atom. The molecular weight excluding hydrogens is 237 g/mol. The van der Waals surface area contributed by atoms with E-state index in [-0.39, 0.29) is 11.9 Å². The van der Waals surface area contributed by atoms with E-state index in [4.69, 9.17) is 0 Å². The molecule has 0 saturated carbocycles. The Kier molecular flexibility index (Phi) is 3.54. The Balaban J connectivity index is 2.07. The molecule has 1 unspecified atom stereocenters. The van der Waals surface area contributed by atoms with Crippen LogP contribution in [0.1, 0.15) is 28.2 Å². The van der Waals surface area contributed by atoms with E-state index in [0.29, 0.717) is 5.56 Å². The summed E-state index contributed by atoms with van der Waals surface area (Å²) in [5, 5.41) is 4.79. The van der Waals surface area contributed by atoms with E-state index < -0.39 is 5.82 Å². The monoisotopic (exact) mass is 249 g/mol. The predicted octanol–water partition coefficient (Wildman–Crippen LogP) is 3.38. The molecule has 0 bridgehead atoms. The minimum atomic E-state index is -0.401. The summed E-state index contributed by atoms with van der Waals surface area (Å²) in [5.74, 6) is -0.660. The maximum atomic E-state index is 13.0. The summed E-state index contributed by atoms with van der Waals surface area (Å²) in [6, 6.07) is 9.51. The van der Waals surface area contributed by atoms with Crippen LogP contribution in [0.4, 0.5) is 4.39 Å². The number of hydrogen-bond donors (Lipinski definition) is 1. The number of thiophene rings is 1. The van der Waals surface area contributed by atoms with Crippen molar-refractivity contribution in [1.29, 1.82) is 0 Å². The first-order valence-electron chi connectivity index (χ1n) is 5.26. The molecule has 88 valence electrons. The van der Waals surface area contributed by atoms with Crippen molar-refractivity contribution in [2.75, 3.05) is 0 Å². The highest BCUT2D eigenvalue weighted by molar-refractivity contribution is 7.10. The van der Waals surface area contributed by atoms with Crippen LogP contribution in [-0.2, 0) is 0 Å². The van der Waals surface area contributed by atoms with Crippen LogP contribution in [0.3, 0.4) is 0 Å². The summed E-state index contributed by atoms with van der Waals surface area (Å²) in [7, 11) is 0. The van der Waals surface area contributed by atoms with Crippen molar-refractivity contribution in [3.8, 4) is 0 Å². The number of carbonyl (C=O) groups is 1. The first-order chi connectivity index (χ1) is 8.16. The van der Waals surface area contributed by atoms with Crippen LogP contribution in [0.15, 0.2) is 41.8 Å². The molecule has 0 aliphatic carbocycles. The maximum absolute atomic E-state index is 13.0. The van der Waals surface area contributed by atoms with Gasteiger partial charge in [0.1, 0.15) is 5.82 Å². The van der Waals surface area contributed by atoms with E-state index in [2.05, 4.69) is 5.32 Å². The fourth-order valence-electron chi connectivity index (χ4n) is 1.52. The molecule has 0 saturated heterocycles. The lowest BCUT2D eigenvalue weighted by molar-refractivity contribution is 0.0940. The minimum absolute atomic E-state index is 0.0641. The predicted molar refractivity (Wildman–Crippen MR) is 66.6 cm³/mol. The summed E-state index contributed by atoms with van der Waals surface area (Å²) >= 11 is 1.58. The Labute approximate surface area is 103 Å². The molecule has 1 heterocycles. The maximum Gasteiger partial charge on any atom is 0.251 e. The van der Waals surface area contributed by atoms with Gasteiger partial charge in [0.25, 0.3) is 5.91 Å². The number of rotatable bonds is 3. The number of hydrogen-bond acceptors (Lipinski definition) is 2. The normalized spacial score (nSPS) is 12.1. The molecule has 0 radical (unpaired) electrons. The van der Waals surface area contributed by atoms with E-state index in [9.17, 15) is 9.18 Å². The highest BCUT2D eigenvalue weighted by Gasteiger charge is 2.12. The Morgan fingerprint density at radius 2 is 2.18 bits per heavy atom. The van der Waals surface area contributed by atoms with Gasteiger partial charge in [-0.1, -0.05) is 12.1 Å². The third-order valence-electron chi connectivity index (χ3n) is 2.40. The molecule has 4 heteroatoms. The summed E-state index contributed by atoms with van der Waals surface area (Å²) in [6.45, 7) is 1.91. The van der Waals surface area contributed by atoms with Gasteiger partial charge < -0.3 is 5.32 Å². The average Bonchev–Trinajstić information content (AvgIpc) is 2.82. The molecule has 1 aromatic heterocycles. The Hall–Kier alpha value is -1.68. The van der Waals surface area contributed by atoms with E-state index in [1.165, 1.54) is 18.2 Å². The number of carbonyl (C=O) groups excluding carboxylic acids is 1. The molecule has 2 nitrogen and oxygen atoms in total. The molecule has 0 spiro atoms. The lowest BCUT2D eigenvalue weighted by atomic mass is 10.2. The molecule has 0 fully saturated rings. The third-order valence-corrected chi connectivity index (χ3v) is 3.46. The third kappa shape index (κ3) is 2.91. The first kappa shape index (κ1) is 11.8. The molecule has 17 heavy (non-hydrogen) atoms. The van der Waals surface area contributed by atoms with Crippen LogP contribution in [0.25, 0.3) is 0 Å². The van der Waals surface area contributed by atoms with E-state index in [1.807, 2.05) is 24.4 Å². The summed E-state index contributed by atoms with van der Waals surface area (Å²) < 4.78 is 13.0. The SMILES string of the molecule is CC(NC(=O)c1cccc(F)c1)c1cccs1. The van der Waals surface area contributed by atoms with Gasteiger partial charge in [0.15, 0.2) is 0 Å². The van der Waals surface area contributed by atoms with Crippen LogP contribution in [-0.4, -0.2) is 5.91 Å².